The number of unbranched alkanes of at least 4 members (excludes halogenated alkanes) is 1. The Bertz CT molecular complexity index is 511. The van der Waals surface area contributed by atoms with Gasteiger partial charge in [0.05, 0.1) is 0 Å². The van der Waals surface area contributed by atoms with Crippen LogP contribution in [0, 0.1) is 0 Å². The zero-order chi connectivity index (χ0) is 17.1. The van der Waals surface area contributed by atoms with E-state index < -0.39 is 10.9 Å². The van der Waals surface area contributed by atoms with E-state index in [1.807, 2.05) is 36.4 Å². The number of aliphatic hydroxyl groups excluding tert-OH is 1. The Hall–Kier alpha value is -1.35. The van der Waals surface area contributed by atoms with Crippen molar-refractivity contribution in [1.29, 1.82) is 0 Å². The SMILES string of the molecule is C=CCC/C=C(\C)CC[C@H](O)[C@H]([Se]c1ccccc1)C(=O)OC. The molecular formula is C19H26O3Se. The van der Waals surface area contributed by atoms with Crippen LogP contribution in [0.25, 0.3) is 0 Å². The van der Waals surface area contributed by atoms with Gasteiger partial charge in [0, 0.05) is 0 Å². The maximum absolute atomic E-state index is 12.0. The van der Waals surface area contributed by atoms with Gasteiger partial charge >= 0.3 is 145 Å². The minimum atomic E-state index is -0.676. The van der Waals surface area contributed by atoms with Gasteiger partial charge in [-0.3, -0.25) is 0 Å². The third-order valence-corrected chi connectivity index (χ3v) is 6.22. The molecule has 1 aromatic carbocycles. The van der Waals surface area contributed by atoms with Crippen molar-refractivity contribution >= 4 is 25.4 Å². The summed E-state index contributed by atoms with van der Waals surface area (Å²) in [4.78, 5) is 11.6. The van der Waals surface area contributed by atoms with Crippen molar-refractivity contribution in [1.82, 2.24) is 0 Å². The first-order chi connectivity index (χ1) is 11.1. The van der Waals surface area contributed by atoms with E-state index in [0.29, 0.717) is 6.42 Å². The Morgan fingerprint density at radius 1 is 1.35 bits per heavy atom. The summed E-state index contributed by atoms with van der Waals surface area (Å²) in [5.74, 6) is -0.324. The van der Waals surface area contributed by atoms with Crippen LogP contribution in [-0.2, 0) is 9.53 Å². The zero-order valence-corrected chi connectivity index (χ0v) is 15.6. The maximum atomic E-state index is 12.0. The first kappa shape index (κ1) is 19.7. The van der Waals surface area contributed by atoms with Gasteiger partial charge in [-0.2, -0.15) is 0 Å². The average Bonchev–Trinajstić information content (AvgIpc) is 2.58. The van der Waals surface area contributed by atoms with Crippen molar-refractivity contribution in [2.24, 2.45) is 0 Å². The molecule has 1 N–H and O–H groups in total. The first-order valence-electron chi connectivity index (χ1n) is 7.82. The molecule has 1 rings (SSSR count). The topological polar surface area (TPSA) is 46.5 Å². The number of esters is 1. The number of carbonyl (C=O) groups excluding carboxylic acids is 1. The van der Waals surface area contributed by atoms with E-state index in [9.17, 15) is 9.90 Å². The third kappa shape index (κ3) is 7.65. The molecule has 0 heterocycles. The van der Waals surface area contributed by atoms with E-state index in [1.165, 1.54) is 12.7 Å². The number of allylic oxidation sites excluding steroid dienone is 3. The van der Waals surface area contributed by atoms with Crippen LogP contribution < -0.4 is 4.46 Å². The molecule has 0 aliphatic carbocycles. The van der Waals surface area contributed by atoms with Crippen LogP contribution >= 0.6 is 0 Å². The first-order valence-corrected chi connectivity index (χ1v) is 9.67. The Labute approximate surface area is 145 Å². The van der Waals surface area contributed by atoms with Crippen LogP contribution in [0.1, 0.15) is 32.6 Å². The van der Waals surface area contributed by atoms with Crippen LogP contribution in [0.4, 0.5) is 0 Å². The van der Waals surface area contributed by atoms with E-state index in [4.69, 9.17) is 4.74 Å². The van der Waals surface area contributed by atoms with Crippen molar-refractivity contribution in [3.63, 3.8) is 0 Å². The number of hydrogen-bond donors (Lipinski definition) is 1. The summed E-state index contributed by atoms with van der Waals surface area (Å²) in [5, 5.41) is 10.5. The Morgan fingerprint density at radius 3 is 2.65 bits per heavy atom. The summed E-state index contributed by atoms with van der Waals surface area (Å²) in [6, 6.07) is 9.82. The number of ether oxygens (including phenoxy) is 1. The molecule has 126 valence electrons. The molecule has 0 aromatic heterocycles. The average molecular weight is 381 g/mol. The number of carbonyl (C=O) groups is 1. The Morgan fingerprint density at radius 2 is 2.04 bits per heavy atom. The van der Waals surface area contributed by atoms with Crippen LogP contribution in [0.2, 0.25) is 4.82 Å². The van der Waals surface area contributed by atoms with Crippen LogP contribution in [0.15, 0.2) is 54.6 Å². The number of hydrogen-bond acceptors (Lipinski definition) is 3. The van der Waals surface area contributed by atoms with Crippen molar-refractivity contribution in [3.8, 4) is 0 Å². The predicted octanol–water partition coefficient (Wildman–Crippen LogP) is 3.03. The number of methoxy groups -OCH3 is 1. The van der Waals surface area contributed by atoms with Gasteiger partial charge in [-0.15, -0.1) is 0 Å². The molecular weight excluding hydrogens is 355 g/mol. The van der Waals surface area contributed by atoms with Crippen LogP contribution in [0.3, 0.4) is 0 Å². The fourth-order valence-corrected chi connectivity index (χ4v) is 4.42. The quantitative estimate of drug-likeness (QED) is 0.293. The van der Waals surface area contributed by atoms with Crippen molar-refractivity contribution < 1.29 is 14.6 Å². The van der Waals surface area contributed by atoms with Gasteiger partial charge in [-0.05, 0) is 0 Å². The van der Waals surface area contributed by atoms with Gasteiger partial charge in [0.15, 0.2) is 0 Å². The molecule has 1 aromatic rings. The number of aliphatic hydroxyl groups is 1. The second kappa shape index (κ2) is 11.2. The zero-order valence-electron chi connectivity index (χ0n) is 13.9. The van der Waals surface area contributed by atoms with Crippen molar-refractivity contribution in [2.45, 2.75) is 43.5 Å². The normalized spacial score (nSPS) is 14.1. The molecule has 0 amide bonds. The minimum absolute atomic E-state index is 0.145. The molecule has 4 heteroatoms. The summed E-state index contributed by atoms with van der Waals surface area (Å²) >= 11 is -0.145. The van der Waals surface area contributed by atoms with E-state index in [-0.39, 0.29) is 20.9 Å². The summed E-state index contributed by atoms with van der Waals surface area (Å²) in [7, 11) is 1.38. The fourth-order valence-electron chi connectivity index (χ4n) is 2.12. The summed E-state index contributed by atoms with van der Waals surface area (Å²) < 4.78 is 5.97. The van der Waals surface area contributed by atoms with E-state index in [2.05, 4.69) is 19.6 Å². The molecule has 0 saturated heterocycles. The third-order valence-electron chi connectivity index (χ3n) is 3.49. The predicted molar refractivity (Wildman–Crippen MR) is 96.0 cm³/mol. The van der Waals surface area contributed by atoms with E-state index in [0.717, 1.165) is 23.7 Å². The molecule has 0 saturated carbocycles. The summed E-state index contributed by atoms with van der Waals surface area (Å²) in [5.41, 5.74) is 1.24. The van der Waals surface area contributed by atoms with E-state index >= 15 is 0 Å². The molecule has 0 radical (unpaired) electrons. The van der Waals surface area contributed by atoms with Gasteiger partial charge in [0.2, 0.25) is 0 Å². The number of benzene rings is 1. The molecule has 0 bridgehead atoms. The Kier molecular flexibility index (Phi) is 9.61. The van der Waals surface area contributed by atoms with Gasteiger partial charge in [-0.1, -0.05) is 0 Å². The van der Waals surface area contributed by atoms with Crippen LogP contribution in [0.5, 0.6) is 0 Å². The molecule has 0 spiro atoms. The van der Waals surface area contributed by atoms with Crippen molar-refractivity contribution in [2.75, 3.05) is 7.11 Å². The second-order valence-corrected chi connectivity index (χ2v) is 7.95. The molecule has 0 fully saturated rings. The van der Waals surface area contributed by atoms with Gasteiger partial charge in [0.1, 0.15) is 0 Å². The van der Waals surface area contributed by atoms with Gasteiger partial charge in [0.25, 0.3) is 0 Å². The van der Waals surface area contributed by atoms with E-state index in [1.54, 1.807) is 0 Å². The summed E-state index contributed by atoms with van der Waals surface area (Å²) in [6.07, 6.45) is 6.69. The van der Waals surface area contributed by atoms with Gasteiger partial charge in [-0.25, -0.2) is 0 Å². The monoisotopic (exact) mass is 382 g/mol. The van der Waals surface area contributed by atoms with Crippen LogP contribution in [-0.4, -0.2) is 39.2 Å². The molecule has 0 aliphatic heterocycles. The molecule has 0 aliphatic rings. The molecule has 23 heavy (non-hydrogen) atoms. The summed E-state index contributed by atoms with van der Waals surface area (Å²) in [6.45, 7) is 5.77. The second-order valence-electron chi connectivity index (χ2n) is 5.40. The van der Waals surface area contributed by atoms with Gasteiger partial charge < -0.3 is 0 Å². The van der Waals surface area contributed by atoms with Crippen molar-refractivity contribution in [3.05, 3.63) is 54.6 Å². The Balaban J connectivity index is 2.62. The molecule has 0 unspecified atom stereocenters. The number of rotatable bonds is 10. The fraction of sp³-hybridized carbons (Fsp3) is 0.421. The molecule has 2 atom stereocenters. The standard InChI is InChI=1S/C19H26O3Se/c1-4-5-7-10-15(2)13-14-17(20)18(19(21)22-3)23-16-11-8-6-9-12-16/h4,6,8-12,17-18,20H,1,5,7,13-14H2,2-3H3/b15-10+/t17-,18-/m0/s1. The molecule has 3 nitrogen and oxygen atoms in total.